The number of amides is 1. The lowest BCUT2D eigenvalue weighted by atomic mass is 10.0. The first-order valence-electron chi connectivity index (χ1n) is 9.02. The van der Waals surface area contributed by atoms with Crippen molar-refractivity contribution in [1.29, 1.82) is 0 Å². The zero-order valence-corrected chi connectivity index (χ0v) is 16.1. The molecule has 4 rings (SSSR count). The number of likely N-dealkylation sites (N-methyl/N-ethyl adjacent to an activating group) is 2. The van der Waals surface area contributed by atoms with E-state index in [-0.39, 0.29) is 5.56 Å². The van der Waals surface area contributed by atoms with Crippen LogP contribution in [0.15, 0.2) is 48.7 Å². The third kappa shape index (κ3) is 3.26. The van der Waals surface area contributed by atoms with E-state index in [1.54, 1.807) is 7.05 Å². The summed E-state index contributed by atoms with van der Waals surface area (Å²) in [6, 6.07) is 10.1. The summed E-state index contributed by atoms with van der Waals surface area (Å²) in [6.07, 6.45) is 1.52. The number of benzene rings is 2. The molecule has 0 spiro atoms. The van der Waals surface area contributed by atoms with E-state index in [1.807, 2.05) is 31.2 Å². The number of aromatic nitrogens is 2. The Kier molecular flexibility index (Phi) is 4.62. The average molecular weight is 395 g/mol. The predicted octanol–water partition coefficient (Wildman–Crippen LogP) is 3.96. The van der Waals surface area contributed by atoms with Crippen molar-refractivity contribution >= 4 is 29.0 Å². The van der Waals surface area contributed by atoms with Gasteiger partial charge in [0.1, 0.15) is 23.4 Å². The molecule has 6 nitrogen and oxygen atoms in total. The third-order valence-electron chi connectivity index (χ3n) is 4.98. The number of hydrogen-bond acceptors (Lipinski definition) is 5. The first-order chi connectivity index (χ1) is 13.9. The molecule has 29 heavy (non-hydrogen) atoms. The minimum absolute atomic E-state index is 0.302. The van der Waals surface area contributed by atoms with Gasteiger partial charge in [-0.15, -0.1) is 0 Å². The maximum Gasteiger partial charge on any atom is 0.254 e. The number of nitrogens with zero attached hydrogens (tertiary/aromatic N) is 4. The fraction of sp³-hybridized carbons (Fsp3) is 0.190. The van der Waals surface area contributed by atoms with Crippen LogP contribution in [0, 0.1) is 18.6 Å². The second kappa shape index (κ2) is 7.12. The highest BCUT2D eigenvalue weighted by Crippen LogP contribution is 2.40. The smallest absolute Gasteiger partial charge is 0.254 e. The van der Waals surface area contributed by atoms with Crippen molar-refractivity contribution in [1.82, 2.24) is 9.97 Å². The Balaban J connectivity index is 1.75. The molecular weight excluding hydrogens is 376 g/mol. The lowest BCUT2D eigenvalue weighted by molar-refractivity contribution is -0.120. The van der Waals surface area contributed by atoms with Gasteiger partial charge in [0.25, 0.3) is 5.91 Å². The number of aryl methyl sites for hydroxylation is 1. The summed E-state index contributed by atoms with van der Waals surface area (Å²) in [5.41, 5.74) is 2.08. The maximum atomic E-state index is 14.4. The van der Waals surface area contributed by atoms with Crippen molar-refractivity contribution in [2.45, 2.75) is 13.0 Å². The Bertz CT molecular complexity index is 1070. The van der Waals surface area contributed by atoms with Gasteiger partial charge in [0.05, 0.1) is 11.8 Å². The lowest BCUT2D eigenvalue weighted by Crippen LogP contribution is -2.46. The normalized spacial score (nSPS) is 16.0. The van der Waals surface area contributed by atoms with Crippen molar-refractivity contribution in [2.24, 2.45) is 0 Å². The highest BCUT2D eigenvalue weighted by molar-refractivity contribution is 6.04. The molecule has 148 valence electrons. The number of nitrogens with one attached hydrogen (secondary N) is 1. The topological polar surface area (TPSA) is 61.4 Å². The van der Waals surface area contributed by atoms with Crippen molar-refractivity contribution in [3.8, 4) is 0 Å². The molecule has 0 aliphatic carbocycles. The Morgan fingerprint density at radius 3 is 2.34 bits per heavy atom. The van der Waals surface area contributed by atoms with Gasteiger partial charge in [0.2, 0.25) is 5.95 Å². The van der Waals surface area contributed by atoms with E-state index >= 15 is 0 Å². The maximum absolute atomic E-state index is 14.4. The molecule has 1 N–H and O–H groups in total. The van der Waals surface area contributed by atoms with Crippen molar-refractivity contribution in [2.75, 3.05) is 29.2 Å². The highest BCUT2D eigenvalue weighted by Gasteiger charge is 2.40. The van der Waals surface area contributed by atoms with E-state index in [2.05, 4.69) is 15.3 Å². The van der Waals surface area contributed by atoms with Gasteiger partial charge in [-0.05, 0) is 31.2 Å². The number of anilines is 4. The SMILES string of the molecule is Cc1ccc(Nc2ncc3c(n2)N(C)C(c2c(F)cccc2F)C(=O)N3C)cc1. The van der Waals surface area contributed by atoms with Crippen LogP contribution in [0.4, 0.5) is 31.9 Å². The fourth-order valence-electron chi connectivity index (χ4n) is 3.37. The van der Waals surface area contributed by atoms with Gasteiger partial charge >= 0.3 is 0 Å². The van der Waals surface area contributed by atoms with Crippen LogP contribution in [-0.4, -0.2) is 30.0 Å². The third-order valence-corrected chi connectivity index (χ3v) is 4.98. The van der Waals surface area contributed by atoms with Crippen LogP contribution in [-0.2, 0) is 4.79 Å². The molecule has 0 radical (unpaired) electrons. The van der Waals surface area contributed by atoms with Gasteiger partial charge in [-0.3, -0.25) is 4.79 Å². The van der Waals surface area contributed by atoms with Crippen LogP contribution in [0.2, 0.25) is 0 Å². The van der Waals surface area contributed by atoms with Gasteiger partial charge in [-0.2, -0.15) is 4.98 Å². The summed E-state index contributed by atoms with van der Waals surface area (Å²) in [6.45, 7) is 1.99. The molecule has 1 atom stereocenters. The van der Waals surface area contributed by atoms with Crippen LogP contribution >= 0.6 is 0 Å². The molecular formula is C21H19F2N5O. The second-order valence-electron chi connectivity index (χ2n) is 6.94. The van der Waals surface area contributed by atoms with Gasteiger partial charge in [-0.1, -0.05) is 23.8 Å². The number of hydrogen-bond donors (Lipinski definition) is 1. The van der Waals surface area contributed by atoms with Crippen molar-refractivity contribution in [3.63, 3.8) is 0 Å². The lowest BCUT2D eigenvalue weighted by Gasteiger charge is -2.38. The molecule has 1 unspecified atom stereocenters. The van der Waals surface area contributed by atoms with E-state index in [0.717, 1.165) is 23.4 Å². The number of carbonyl (C=O) groups is 1. The Hall–Kier alpha value is -3.55. The van der Waals surface area contributed by atoms with Gasteiger partial charge in [-0.25, -0.2) is 13.8 Å². The van der Waals surface area contributed by atoms with Crippen LogP contribution < -0.4 is 15.1 Å². The molecule has 2 heterocycles. The van der Waals surface area contributed by atoms with Gasteiger partial charge in [0.15, 0.2) is 5.82 Å². The summed E-state index contributed by atoms with van der Waals surface area (Å²) >= 11 is 0. The van der Waals surface area contributed by atoms with Crippen LogP contribution in [0.25, 0.3) is 0 Å². The van der Waals surface area contributed by atoms with E-state index in [0.29, 0.717) is 17.5 Å². The number of halogens is 2. The molecule has 1 aliphatic heterocycles. The molecule has 1 aliphatic rings. The molecule has 0 bridgehead atoms. The van der Waals surface area contributed by atoms with Crippen LogP contribution in [0.3, 0.4) is 0 Å². The summed E-state index contributed by atoms with van der Waals surface area (Å²) in [4.78, 5) is 24.5. The van der Waals surface area contributed by atoms with Crippen LogP contribution in [0.5, 0.6) is 0 Å². The van der Waals surface area contributed by atoms with Crippen molar-refractivity contribution in [3.05, 3.63) is 71.4 Å². The summed E-state index contributed by atoms with van der Waals surface area (Å²) in [5.74, 6) is -1.32. The predicted molar refractivity (Wildman–Crippen MR) is 107 cm³/mol. The van der Waals surface area contributed by atoms with Gasteiger partial charge < -0.3 is 15.1 Å². The minimum Gasteiger partial charge on any atom is -0.342 e. The number of carbonyl (C=O) groups excluding carboxylic acids is 1. The molecule has 0 saturated heterocycles. The van der Waals surface area contributed by atoms with Crippen molar-refractivity contribution < 1.29 is 13.6 Å². The molecule has 8 heteroatoms. The summed E-state index contributed by atoms with van der Waals surface area (Å²) in [7, 11) is 3.12. The minimum atomic E-state index is -1.17. The van der Waals surface area contributed by atoms with E-state index in [4.69, 9.17) is 0 Å². The molecule has 1 aromatic heterocycles. The summed E-state index contributed by atoms with van der Waals surface area (Å²) < 4.78 is 28.8. The first-order valence-corrected chi connectivity index (χ1v) is 9.02. The van der Waals surface area contributed by atoms with E-state index in [1.165, 1.54) is 29.1 Å². The first kappa shape index (κ1) is 18.8. The Morgan fingerprint density at radius 2 is 1.69 bits per heavy atom. The quantitative estimate of drug-likeness (QED) is 0.727. The Morgan fingerprint density at radius 1 is 1.03 bits per heavy atom. The monoisotopic (exact) mass is 395 g/mol. The summed E-state index contributed by atoms with van der Waals surface area (Å²) in [5, 5.41) is 3.10. The van der Waals surface area contributed by atoms with Crippen LogP contribution in [0.1, 0.15) is 17.2 Å². The number of fused-ring (bicyclic) bond motifs is 1. The zero-order chi connectivity index (χ0) is 20.7. The van der Waals surface area contributed by atoms with E-state index in [9.17, 15) is 13.6 Å². The van der Waals surface area contributed by atoms with Gasteiger partial charge in [0, 0.05) is 19.8 Å². The number of rotatable bonds is 3. The molecule has 3 aromatic rings. The zero-order valence-electron chi connectivity index (χ0n) is 16.1. The molecule has 1 amide bonds. The molecule has 0 fully saturated rings. The fourth-order valence-corrected chi connectivity index (χ4v) is 3.37. The highest BCUT2D eigenvalue weighted by atomic mass is 19.1. The second-order valence-corrected chi connectivity index (χ2v) is 6.94. The Labute approximate surface area is 166 Å². The standard InChI is InChI=1S/C21H19F2N5O/c1-12-7-9-13(10-8-12)25-21-24-11-16-19(26-21)28(3)18(20(29)27(16)2)17-14(22)5-4-6-15(17)23/h4-11,18H,1-3H3,(H,24,25,26). The largest absolute Gasteiger partial charge is 0.342 e. The average Bonchev–Trinajstić information content (AvgIpc) is 2.70. The molecule has 2 aromatic carbocycles. The van der Waals surface area contributed by atoms with E-state index < -0.39 is 23.6 Å². The molecule has 0 saturated carbocycles.